The molecule has 1 amide bonds. The van der Waals surface area contributed by atoms with Gasteiger partial charge in [0, 0.05) is 19.2 Å². The summed E-state index contributed by atoms with van der Waals surface area (Å²) < 4.78 is 5.59. The van der Waals surface area contributed by atoms with E-state index in [2.05, 4.69) is 6.92 Å². The van der Waals surface area contributed by atoms with Crippen molar-refractivity contribution in [1.29, 1.82) is 0 Å². The number of hydrogen-bond acceptors (Lipinski definition) is 3. The lowest BCUT2D eigenvalue weighted by Gasteiger charge is -2.35. The topological polar surface area (TPSA) is 49.8 Å². The van der Waals surface area contributed by atoms with Crippen LogP contribution in [0.4, 0.5) is 0 Å². The number of carbonyl (C=O) groups excluding carboxylic acids is 1. The minimum Gasteiger partial charge on any atom is -0.484 e. The fraction of sp³-hybridized carbons (Fsp3) is 0.588. The van der Waals surface area contributed by atoms with Gasteiger partial charge in [0.1, 0.15) is 5.75 Å². The second-order valence-corrected chi connectivity index (χ2v) is 5.54. The van der Waals surface area contributed by atoms with Crippen LogP contribution in [0.5, 0.6) is 5.75 Å². The smallest absolute Gasteiger partial charge is 0.260 e. The molecule has 2 rings (SSSR count). The molecule has 1 atom stereocenters. The summed E-state index contributed by atoms with van der Waals surface area (Å²) in [5, 5.41) is 9.11. The molecule has 1 N–H and O–H groups in total. The van der Waals surface area contributed by atoms with Crippen LogP contribution in [0.1, 0.15) is 38.2 Å². The Hall–Kier alpha value is -1.55. The van der Waals surface area contributed by atoms with E-state index < -0.39 is 0 Å². The highest BCUT2D eigenvalue weighted by Crippen LogP contribution is 2.20. The van der Waals surface area contributed by atoms with Gasteiger partial charge in [-0.15, -0.1) is 0 Å². The van der Waals surface area contributed by atoms with Crippen LogP contribution in [-0.2, 0) is 11.2 Å². The zero-order valence-corrected chi connectivity index (χ0v) is 12.8. The van der Waals surface area contributed by atoms with Gasteiger partial charge in [-0.2, -0.15) is 0 Å². The molecular formula is C17H25NO3. The SMILES string of the molecule is CCc1ccc(OCC(=O)N2CCCCC2CCO)cc1. The third-order valence-corrected chi connectivity index (χ3v) is 4.10. The molecule has 1 aliphatic heterocycles. The zero-order chi connectivity index (χ0) is 15.1. The molecule has 0 bridgehead atoms. The molecule has 0 aromatic heterocycles. The second kappa shape index (κ2) is 8.03. The number of amides is 1. The Labute approximate surface area is 126 Å². The molecule has 1 saturated heterocycles. The first kappa shape index (κ1) is 15.8. The fourth-order valence-corrected chi connectivity index (χ4v) is 2.83. The highest BCUT2D eigenvalue weighted by atomic mass is 16.5. The van der Waals surface area contributed by atoms with Gasteiger partial charge in [0.15, 0.2) is 6.61 Å². The zero-order valence-electron chi connectivity index (χ0n) is 12.8. The summed E-state index contributed by atoms with van der Waals surface area (Å²) in [5.41, 5.74) is 1.26. The number of benzene rings is 1. The lowest BCUT2D eigenvalue weighted by atomic mass is 9.99. The second-order valence-electron chi connectivity index (χ2n) is 5.54. The summed E-state index contributed by atoms with van der Waals surface area (Å²) in [5.74, 6) is 0.754. The summed E-state index contributed by atoms with van der Waals surface area (Å²) >= 11 is 0. The number of likely N-dealkylation sites (tertiary alicyclic amines) is 1. The van der Waals surface area contributed by atoms with E-state index in [0.717, 1.165) is 38.0 Å². The molecule has 1 heterocycles. The summed E-state index contributed by atoms with van der Waals surface area (Å²) in [6.07, 6.45) is 4.82. The van der Waals surface area contributed by atoms with Gasteiger partial charge in [-0.1, -0.05) is 19.1 Å². The molecular weight excluding hydrogens is 266 g/mol. The van der Waals surface area contributed by atoms with E-state index in [1.807, 2.05) is 29.2 Å². The van der Waals surface area contributed by atoms with Crippen molar-refractivity contribution in [3.63, 3.8) is 0 Å². The lowest BCUT2D eigenvalue weighted by molar-refractivity contribution is -0.137. The molecule has 1 aliphatic rings. The molecule has 4 heteroatoms. The van der Waals surface area contributed by atoms with Gasteiger partial charge in [-0.25, -0.2) is 0 Å². The number of nitrogens with zero attached hydrogens (tertiary/aromatic N) is 1. The number of ether oxygens (including phenoxy) is 1. The molecule has 0 spiro atoms. The number of aliphatic hydroxyl groups excluding tert-OH is 1. The molecule has 4 nitrogen and oxygen atoms in total. The van der Waals surface area contributed by atoms with Gasteiger partial charge in [0.05, 0.1) is 0 Å². The van der Waals surface area contributed by atoms with Crippen LogP contribution in [0.2, 0.25) is 0 Å². The molecule has 1 fully saturated rings. The lowest BCUT2D eigenvalue weighted by Crippen LogP contribution is -2.46. The summed E-state index contributed by atoms with van der Waals surface area (Å²) in [6, 6.07) is 8.04. The van der Waals surface area contributed by atoms with E-state index in [1.54, 1.807) is 0 Å². The fourth-order valence-electron chi connectivity index (χ4n) is 2.83. The minimum atomic E-state index is 0.0210. The summed E-state index contributed by atoms with van der Waals surface area (Å²) in [6.45, 7) is 3.10. The number of carbonyl (C=O) groups is 1. The number of aliphatic hydroxyl groups is 1. The van der Waals surface area contributed by atoms with Crippen LogP contribution in [-0.4, -0.2) is 41.7 Å². The van der Waals surface area contributed by atoms with Crippen molar-refractivity contribution in [3.05, 3.63) is 29.8 Å². The maximum Gasteiger partial charge on any atom is 0.260 e. The average molecular weight is 291 g/mol. The van der Waals surface area contributed by atoms with E-state index in [9.17, 15) is 4.79 Å². The monoisotopic (exact) mass is 291 g/mol. The van der Waals surface area contributed by atoms with Gasteiger partial charge in [-0.05, 0) is 49.8 Å². The Morgan fingerprint density at radius 2 is 2.10 bits per heavy atom. The van der Waals surface area contributed by atoms with Crippen molar-refractivity contribution in [2.45, 2.75) is 45.1 Å². The van der Waals surface area contributed by atoms with E-state index in [0.29, 0.717) is 6.42 Å². The molecule has 0 saturated carbocycles. The molecule has 0 aliphatic carbocycles. The van der Waals surface area contributed by atoms with Crippen LogP contribution in [0.3, 0.4) is 0 Å². The van der Waals surface area contributed by atoms with E-state index in [-0.39, 0.29) is 25.2 Å². The maximum absolute atomic E-state index is 12.3. The number of aryl methyl sites for hydroxylation is 1. The Bertz CT molecular complexity index is 442. The largest absolute Gasteiger partial charge is 0.484 e. The Morgan fingerprint density at radius 3 is 2.76 bits per heavy atom. The van der Waals surface area contributed by atoms with Crippen LogP contribution >= 0.6 is 0 Å². The van der Waals surface area contributed by atoms with Crippen LogP contribution in [0, 0.1) is 0 Å². The van der Waals surface area contributed by atoms with Crippen molar-refractivity contribution in [2.24, 2.45) is 0 Å². The molecule has 116 valence electrons. The van der Waals surface area contributed by atoms with Crippen molar-refractivity contribution < 1.29 is 14.6 Å². The normalized spacial score (nSPS) is 18.6. The van der Waals surface area contributed by atoms with Crippen LogP contribution < -0.4 is 4.74 Å². The van der Waals surface area contributed by atoms with Gasteiger partial charge in [-0.3, -0.25) is 4.79 Å². The first-order chi connectivity index (χ1) is 10.2. The maximum atomic E-state index is 12.3. The van der Waals surface area contributed by atoms with Gasteiger partial charge < -0.3 is 14.7 Å². The third kappa shape index (κ3) is 4.46. The Kier molecular flexibility index (Phi) is 6.05. The van der Waals surface area contributed by atoms with Crippen molar-refractivity contribution in [1.82, 2.24) is 4.90 Å². The molecule has 1 aromatic carbocycles. The minimum absolute atomic E-state index is 0.0210. The predicted octanol–water partition coefficient (Wildman–Crippen LogP) is 2.39. The van der Waals surface area contributed by atoms with Crippen LogP contribution in [0.15, 0.2) is 24.3 Å². The Balaban J connectivity index is 1.87. The Morgan fingerprint density at radius 1 is 1.33 bits per heavy atom. The number of hydrogen-bond donors (Lipinski definition) is 1. The third-order valence-electron chi connectivity index (χ3n) is 4.10. The average Bonchev–Trinajstić information content (AvgIpc) is 2.54. The quantitative estimate of drug-likeness (QED) is 0.875. The summed E-state index contributed by atoms with van der Waals surface area (Å²) in [7, 11) is 0. The highest BCUT2D eigenvalue weighted by Gasteiger charge is 2.26. The molecule has 1 unspecified atom stereocenters. The van der Waals surface area contributed by atoms with Gasteiger partial charge >= 0.3 is 0 Å². The van der Waals surface area contributed by atoms with E-state index in [4.69, 9.17) is 9.84 Å². The molecule has 0 radical (unpaired) electrons. The van der Waals surface area contributed by atoms with Crippen molar-refractivity contribution in [2.75, 3.05) is 19.8 Å². The van der Waals surface area contributed by atoms with Crippen molar-refractivity contribution >= 4 is 5.91 Å². The standard InChI is InChI=1S/C17H25NO3/c1-2-14-6-8-16(9-7-14)21-13-17(20)18-11-4-3-5-15(18)10-12-19/h6-9,15,19H,2-5,10-13H2,1H3. The van der Waals surface area contributed by atoms with Gasteiger partial charge in [0.2, 0.25) is 0 Å². The molecule has 21 heavy (non-hydrogen) atoms. The predicted molar refractivity (Wildman–Crippen MR) is 82.4 cm³/mol. The first-order valence-electron chi connectivity index (χ1n) is 7.86. The summed E-state index contributed by atoms with van der Waals surface area (Å²) in [4.78, 5) is 14.2. The van der Waals surface area contributed by atoms with Crippen molar-refractivity contribution in [3.8, 4) is 5.75 Å². The first-order valence-corrected chi connectivity index (χ1v) is 7.86. The van der Waals surface area contributed by atoms with E-state index >= 15 is 0 Å². The molecule has 1 aromatic rings. The number of rotatable bonds is 6. The number of piperidine rings is 1. The highest BCUT2D eigenvalue weighted by molar-refractivity contribution is 5.78. The van der Waals surface area contributed by atoms with Gasteiger partial charge in [0.25, 0.3) is 5.91 Å². The van der Waals surface area contributed by atoms with Crippen LogP contribution in [0.25, 0.3) is 0 Å². The van der Waals surface area contributed by atoms with E-state index in [1.165, 1.54) is 5.56 Å².